The van der Waals surface area contributed by atoms with Gasteiger partial charge in [0, 0.05) is 11.8 Å². The first-order valence-electron chi connectivity index (χ1n) is 6.67. The van der Waals surface area contributed by atoms with E-state index in [-0.39, 0.29) is 5.82 Å². The van der Waals surface area contributed by atoms with Crippen molar-refractivity contribution in [2.24, 2.45) is 0 Å². The van der Waals surface area contributed by atoms with E-state index in [2.05, 4.69) is 4.98 Å². The molecular formula is C18H14FNO. The molecule has 0 fully saturated rings. The number of benzene rings is 2. The van der Waals surface area contributed by atoms with Gasteiger partial charge < -0.3 is 4.74 Å². The van der Waals surface area contributed by atoms with Crippen LogP contribution < -0.4 is 4.74 Å². The standard InChI is InChI=1S/C18H14FNO/c1-13-10-11-20-18(12-13)14-2-6-16(7-3-14)21-17-8-4-15(19)5-9-17/h2-12H,1H3. The van der Waals surface area contributed by atoms with Gasteiger partial charge in [-0.15, -0.1) is 0 Å². The van der Waals surface area contributed by atoms with E-state index in [9.17, 15) is 4.39 Å². The average molecular weight is 279 g/mol. The fourth-order valence-electron chi connectivity index (χ4n) is 2.03. The third-order valence-corrected chi connectivity index (χ3v) is 3.11. The van der Waals surface area contributed by atoms with Gasteiger partial charge in [0.05, 0.1) is 5.69 Å². The number of aromatic nitrogens is 1. The lowest BCUT2D eigenvalue weighted by atomic mass is 10.1. The molecule has 1 aromatic heterocycles. The Labute approximate surface area is 122 Å². The van der Waals surface area contributed by atoms with Crippen molar-refractivity contribution in [1.29, 1.82) is 0 Å². The topological polar surface area (TPSA) is 22.1 Å². The molecule has 0 amide bonds. The van der Waals surface area contributed by atoms with E-state index in [0.29, 0.717) is 11.5 Å². The second-order valence-corrected chi connectivity index (χ2v) is 4.80. The number of hydrogen-bond donors (Lipinski definition) is 0. The van der Waals surface area contributed by atoms with Gasteiger partial charge in [0.1, 0.15) is 17.3 Å². The van der Waals surface area contributed by atoms with Crippen LogP contribution in [0.4, 0.5) is 4.39 Å². The molecule has 0 atom stereocenters. The van der Waals surface area contributed by atoms with Crippen LogP contribution in [-0.2, 0) is 0 Å². The number of hydrogen-bond acceptors (Lipinski definition) is 2. The zero-order chi connectivity index (χ0) is 14.7. The molecule has 104 valence electrons. The summed E-state index contributed by atoms with van der Waals surface area (Å²) in [6.07, 6.45) is 1.80. The SMILES string of the molecule is Cc1ccnc(-c2ccc(Oc3ccc(F)cc3)cc2)c1. The molecule has 0 radical (unpaired) electrons. The van der Waals surface area contributed by atoms with Crippen molar-refractivity contribution < 1.29 is 9.13 Å². The van der Waals surface area contributed by atoms with Crippen molar-refractivity contribution >= 4 is 0 Å². The van der Waals surface area contributed by atoms with Gasteiger partial charge in [-0.3, -0.25) is 4.98 Å². The smallest absolute Gasteiger partial charge is 0.127 e. The van der Waals surface area contributed by atoms with Gasteiger partial charge in [-0.2, -0.15) is 0 Å². The van der Waals surface area contributed by atoms with Gasteiger partial charge in [-0.05, 0) is 73.2 Å². The van der Waals surface area contributed by atoms with Gasteiger partial charge in [0.15, 0.2) is 0 Å². The zero-order valence-electron chi connectivity index (χ0n) is 11.6. The molecule has 0 aliphatic heterocycles. The number of pyridine rings is 1. The molecular weight excluding hydrogens is 265 g/mol. The van der Waals surface area contributed by atoms with Crippen molar-refractivity contribution in [3.05, 3.63) is 78.2 Å². The molecule has 0 bridgehead atoms. The number of ether oxygens (including phenoxy) is 1. The lowest BCUT2D eigenvalue weighted by Gasteiger charge is -2.07. The first-order valence-corrected chi connectivity index (χ1v) is 6.67. The van der Waals surface area contributed by atoms with Gasteiger partial charge >= 0.3 is 0 Å². The molecule has 0 spiro atoms. The molecule has 3 heteroatoms. The van der Waals surface area contributed by atoms with Gasteiger partial charge in [-0.25, -0.2) is 4.39 Å². The minimum Gasteiger partial charge on any atom is -0.457 e. The zero-order valence-corrected chi connectivity index (χ0v) is 11.6. The summed E-state index contributed by atoms with van der Waals surface area (Å²) in [5, 5.41) is 0. The van der Waals surface area contributed by atoms with E-state index in [1.54, 1.807) is 18.3 Å². The minimum absolute atomic E-state index is 0.275. The van der Waals surface area contributed by atoms with E-state index in [1.165, 1.54) is 17.7 Å². The summed E-state index contributed by atoms with van der Waals surface area (Å²) in [6, 6.07) is 17.6. The van der Waals surface area contributed by atoms with Crippen molar-refractivity contribution in [2.45, 2.75) is 6.92 Å². The highest BCUT2D eigenvalue weighted by Crippen LogP contribution is 2.25. The fourth-order valence-corrected chi connectivity index (χ4v) is 2.03. The van der Waals surface area contributed by atoms with Crippen LogP contribution in [0, 0.1) is 12.7 Å². The summed E-state index contributed by atoms with van der Waals surface area (Å²) < 4.78 is 18.5. The van der Waals surface area contributed by atoms with Crippen LogP contribution in [0.3, 0.4) is 0 Å². The van der Waals surface area contributed by atoms with Crippen molar-refractivity contribution in [2.75, 3.05) is 0 Å². The fraction of sp³-hybridized carbons (Fsp3) is 0.0556. The van der Waals surface area contributed by atoms with Crippen LogP contribution >= 0.6 is 0 Å². The highest BCUT2D eigenvalue weighted by molar-refractivity contribution is 5.60. The lowest BCUT2D eigenvalue weighted by molar-refractivity contribution is 0.480. The van der Waals surface area contributed by atoms with Crippen molar-refractivity contribution in [3.63, 3.8) is 0 Å². The predicted molar refractivity (Wildman–Crippen MR) is 80.9 cm³/mol. The highest BCUT2D eigenvalue weighted by Gasteiger charge is 2.02. The molecule has 0 aliphatic rings. The van der Waals surface area contributed by atoms with Crippen LogP contribution in [0.5, 0.6) is 11.5 Å². The summed E-state index contributed by atoms with van der Waals surface area (Å²) >= 11 is 0. The van der Waals surface area contributed by atoms with Crippen LogP contribution in [0.25, 0.3) is 11.3 Å². The Balaban J connectivity index is 1.79. The lowest BCUT2D eigenvalue weighted by Crippen LogP contribution is -1.87. The molecule has 21 heavy (non-hydrogen) atoms. The third kappa shape index (κ3) is 3.26. The summed E-state index contributed by atoms with van der Waals surface area (Å²) in [7, 11) is 0. The Kier molecular flexibility index (Phi) is 3.65. The van der Waals surface area contributed by atoms with E-state index in [1.807, 2.05) is 43.3 Å². The van der Waals surface area contributed by atoms with Crippen molar-refractivity contribution in [3.8, 4) is 22.8 Å². The average Bonchev–Trinajstić information content (AvgIpc) is 2.50. The molecule has 2 nitrogen and oxygen atoms in total. The summed E-state index contributed by atoms with van der Waals surface area (Å²) in [6.45, 7) is 2.04. The third-order valence-electron chi connectivity index (χ3n) is 3.11. The quantitative estimate of drug-likeness (QED) is 0.674. The Hall–Kier alpha value is -2.68. The molecule has 1 heterocycles. The second-order valence-electron chi connectivity index (χ2n) is 4.80. The molecule has 0 N–H and O–H groups in total. The van der Waals surface area contributed by atoms with Gasteiger partial charge in [0.25, 0.3) is 0 Å². The second kappa shape index (κ2) is 5.75. The van der Waals surface area contributed by atoms with E-state index in [0.717, 1.165) is 11.3 Å². The largest absolute Gasteiger partial charge is 0.457 e. The highest BCUT2D eigenvalue weighted by atomic mass is 19.1. The summed E-state index contributed by atoms with van der Waals surface area (Å²) in [5.41, 5.74) is 3.14. The predicted octanol–water partition coefficient (Wildman–Crippen LogP) is 4.99. The number of halogens is 1. The summed E-state index contributed by atoms with van der Waals surface area (Å²) in [4.78, 5) is 4.35. The summed E-state index contributed by atoms with van der Waals surface area (Å²) in [5.74, 6) is 1.04. The Morgan fingerprint density at radius 1 is 0.857 bits per heavy atom. The van der Waals surface area contributed by atoms with E-state index < -0.39 is 0 Å². The Morgan fingerprint density at radius 2 is 1.48 bits per heavy atom. The van der Waals surface area contributed by atoms with Crippen molar-refractivity contribution in [1.82, 2.24) is 4.98 Å². The van der Waals surface area contributed by atoms with Gasteiger partial charge in [-0.1, -0.05) is 0 Å². The van der Waals surface area contributed by atoms with Crippen LogP contribution in [0.1, 0.15) is 5.56 Å². The Morgan fingerprint density at radius 3 is 2.10 bits per heavy atom. The first-order chi connectivity index (χ1) is 10.2. The molecule has 2 aromatic carbocycles. The normalized spacial score (nSPS) is 10.4. The Bertz CT molecular complexity index is 736. The molecule has 3 rings (SSSR count). The molecule has 0 aliphatic carbocycles. The molecule has 0 saturated heterocycles. The number of rotatable bonds is 3. The van der Waals surface area contributed by atoms with Crippen LogP contribution in [0.2, 0.25) is 0 Å². The van der Waals surface area contributed by atoms with E-state index in [4.69, 9.17) is 4.74 Å². The number of aryl methyl sites for hydroxylation is 1. The van der Waals surface area contributed by atoms with E-state index >= 15 is 0 Å². The maximum Gasteiger partial charge on any atom is 0.127 e. The van der Waals surface area contributed by atoms with Gasteiger partial charge in [0.2, 0.25) is 0 Å². The number of nitrogens with zero attached hydrogens (tertiary/aromatic N) is 1. The van der Waals surface area contributed by atoms with Crippen LogP contribution in [0.15, 0.2) is 66.9 Å². The minimum atomic E-state index is -0.275. The maximum absolute atomic E-state index is 12.8. The molecule has 3 aromatic rings. The molecule has 0 saturated carbocycles. The van der Waals surface area contributed by atoms with Crippen LogP contribution in [-0.4, -0.2) is 4.98 Å². The maximum atomic E-state index is 12.8. The monoisotopic (exact) mass is 279 g/mol. The molecule has 0 unspecified atom stereocenters. The first kappa shape index (κ1) is 13.3.